The van der Waals surface area contributed by atoms with Crippen molar-refractivity contribution in [3.8, 4) is 11.5 Å². The fourth-order valence-corrected chi connectivity index (χ4v) is 2.82. The summed E-state index contributed by atoms with van der Waals surface area (Å²) in [6.45, 7) is 1.18. The third-order valence-corrected chi connectivity index (χ3v) is 4.34. The van der Waals surface area contributed by atoms with Crippen molar-refractivity contribution in [1.82, 2.24) is 4.90 Å². The van der Waals surface area contributed by atoms with Crippen molar-refractivity contribution in [1.29, 1.82) is 0 Å². The van der Waals surface area contributed by atoms with Gasteiger partial charge in [-0.1, -0.05) is 18.2 Å². The van der Waals surface area contributed by atoms with Gasteiger partial charge in [0.05, 0.1) is 7.11 Å². The summed E-state index contributed by atoms with van der Waals surface area (Å²) in [5, 5.41) is 10.3. The maximum atomic E-state index is 13.9. The van der Waals surface area contributed by atoms with E-state index in [1.807, 2.05) is 30.3 Å². The zero-order valence-electron chi connectivity index (χ0n) is 14.4. The van der Waals surface area contributed by atoms with Crippen molar-refractivity contribution in [2.24, 2.45) is 0 Å². The van der Waals surface area contributed by atoms with Crippen LogP contribution in [-0.4, -0.2) is 42.4 Å². The molecule has 4 nitrogen and oxygen atoms in total. The van der Waals surface area contributed by atoms with Crippen LogP contribution in [0.5, 0.6) is 11.5 Å². The lowest BCUT2D eigenvalue weighted by Gasteiger charge is -2.25. The zero-order chi connectivity index (χ0) is 17.6. The molecule has 0 saturated heterocycles. The van der Waals surface area contributed by atoms with E-state index in [1.165, 1.54) is 6.07 Å². The molecule has 1 saturated carbocycles. The van der Waals surface area contributed by atoms with E-state index in [0.717, 1.165) is 18.6 Å². The minimum Gasteiger partial charge on any atom is -0.497 e. The largest absolute Gasteiger partial charge is 0.497 e. The molecule has 1 aliphatic carbocycles. The second-order valence-corrected chi connectivity index (χ2v) is 6.39. The summed E-state index contributed by atoms with van der Waals surface area (Å²) >= 11 is 0. The third kappa shape index (κ3) is 5.18. The lowest BCUT2D eigenvalue weighted by molar-refractivity contribution is 0.0622. The third-order valence-electron chi connectivity index (χ3n) is 4.34. The van der Waals surface area contributed by atoms with Crippen molar-refractivity contribution in [3.63, 3.8) is 0 Å². The fraction of sp³-hybridized carbons (Fsp3) is 0.400. The van der Waals surface area contributed by atoms with Crippen LogP contribution in [0.15, 0.2) is 48.5 Å². The summed E-state index contributed by atoms with van der Waals surface area (Å²) in [5.41, 5.74) is 0.665. The molecule has 1 aliphatic rings. The molecule has 1 atom stereocenters. The van der Waals surface area contributed by atoms with Crippen molar-refractivity contribution in [2.75, 3.05) is 20.3 Å². The number of benzene rings is 2. The Bertz CT molecular complexity index is 673. The van der Waals surface area contributed by atoms with E-state index >= 15 is 0 Å². The average Bonchev–Trinajstić information content (AvgIpc) is 3.47. The van der Waals surface area contributed by atoms with Gasteiger partial charge in [-0.3, -0.25) is 4.90 Å². The van der Waals surface area contributed by atoms with Gasteiger partial charge in [-0.2, -0.15) is 0 Å². The molecule has 134 valence electrons. The molecule has 25 heavy (non-hydrogen) atoms. The first-order chi connectivity index (χ1) is 12.2. The number of aliphatic hydroxyl groups excluding tert-OH is 1. The smallest absolute Gasteiger partial charge is 0.127 e. The topological polar surface area (TPSA) is 41.9 Å². The Morgan fingerprint density at radius 2 is 1.80 bits per heavy atom. The first-order valence-electron chi connectivity index (χ1n) is 8.58. The van der Waals surface area contributed by atoms with Gasteiger partial charge in [-0.15, -0.1) is 0 Å². The molecular weight excluding hydrogens is 321 g/mol. The van der Waals surface area contributed by atoms with Gasteiger partial charge in [0.25, 0.3) is 0 Å². The second kappa shape index (κ2) is 8.32. The molecule has 0 bridgehead atoms. The molecule has 5 heteroatoms. The summed E-state index contributed by atoms with van der Waals surface area (Å²) in [4.78, 5) is 2.14. The van der Waals surface area contributed by atoms with Gasteiger partial charge in [0, 0.05) is 24.7 Å². The van der Waals surface area contributed by atoms with Crippen LogP contribution in [-0.2, 0) is 6.54 Å². The van der Waals surface area contributed by atoms with Gasteiger partial charge in [0.1, 0.15) is 30.0 Å². The molecule has 0 amide bonds. The Kier molecular flexibility index (Phi) is 5.89. The van der Waals surface area contributed by atoms with Crippen LogP contribution < -0.4 is 9.47 Å². The highest BCUT2D eigenvalue weighted by Gasteiger charge is 2.30. The highest BCUT2D eigenvalue weighted by molar-refractivity contribution is 5.31. The average molecular weight is 345 g/mol. The van der Waals surface area contributed by atoms with Gasteiger partial charge in [0.15, 0.2) is 0 Å². The van der Waals surface area contributed by atoms with Gasteiger partial charge in [-0.05, 0) is 43.2 Å². The monoisotopic (exact) mass is 345 g/mol. The number of hydrogen-bond acceptors (Lipinski definition) is 4. The van der Waals surface area contributed by atoms with E-state index in [1.54, 1.807) is 19.2 Å². The van der Waals surface area contributed by atoms with Crippen molar-refractivity contribution >= 4 is 0 Å². The van der Waals surface area contributed by atoms with Crippen molar-refractivity contribution < 1.29 is 19.0 Å². The van der Waals surface area contributed by atoms with Gasteiger partial charge < -0.3 is 14.6 Å². The summed E-state index contributed by atoms with van der Waals surface area (Å²) in [6.07, 6.45) is 1.57. The summed E-state index contributed by atoms with van der Waals surface area (Å²) in [5.74, 6) is 1.25. The lowest BCUT2D eigenvalue weighted by Crippen LogP contribution is -2.36. The van der Waals surface area contributed by atoms with Crippen LogP contribution in [0, 0.1) is 5.82 Å². The van der Waals surface area contributed by atoms with Crippen LogP contribution in [0.4, 0.5) is 4.39 Å². The number of rotatable bonds is 9. The Morgan fingerprint density at radius 1 is 1.12 bits per heavy atom. The van der Waals surface area contributed by atoms with Crippen molar-refractivity contribution in [2.45, 2.75) is 31.5 Å². The van der Waals surface area contributed by atoms with Gasteiger partial charge in [0.2, 0.25) is 0 Å². The molecular formula is C20H24FNO3. The SMILES string of the molecule is COc1ccc(OCC(O)CN(Cc2ccccc2F)C2CC2)cc1. The normalized spacial score (nSPS) is 15.2. The Hall–Kier alpha value is -2.11. The summed E-state index contributed by atoms with van der Waals surface area (Å²) in [7, 11) is 1.61. The van der Waals surface area contributed by atoms with Crippen LogP contribution in [0.25, 0.3) is 0 Å². The van der Waals surface area contributed by atoms with Crippen LogP contribution in [0.1, 0.15) is 18.4 Å². The second-order valence-electron chi connectivity index (χ2n) is 6.39. The van der Waals surface area contributed by atoms with E-state index in [9.17, 15) is 9.50 Å². The van der Waals surface area contributed by atoms with Crippen LogP contribution in [0.3, 0.4) is 0 Å². The lowest BCUT2D eigenvalue weighted by atomic mass is 10.2. The quantitative estimate of drug-likeness (QED) is 0.758. The van der Waals surface area contributed by atoms with E-state index in [2.05, 4.69) is 4.90 Å². The van der Waals surface area contributed by atoms with Gasteiger partial charge in [-0.25, -0.2) is 4.39 Å². The maximum absolute atomic E-state index is 13.9. The molecule has 1 unspecified atom stereocenters. The van der Waals surface area contributed by atoms with Gasteiger partial charge >= 0.3 is 0 Å². The minimum absolute atomic E-state index is 0.197. The van der Waals surface area contributed by atoms with Crippen LogP contribution in [0.2, 0.25) is 0 Å². The molecule has 3 rings (SSSR count). The highest BCUT2D eigenvalue weighted by atomic mass is 19.1. The zero-order valence-corrected chi connectivity index (χ0v) is 14.4. The van der Waals surface area contributed by atoms with E-state index in [-0.39, 0.29) is 12.4 Å². The minimum atomic E-state index is -0.630. The van der Waals surface area contributed by atoms with E-state index in [0.29, 0.717) is 30.4 Å². The van der Waals surface area contributed by atoms with E-state index < -0.39 is 6.10 Å². The van der Waals surface area contributed by atoms with Crippen LogP contribution >= 0.6 is 0 Å². The molecule has 0 heterocycles. The molecule has 0 aliphatic heterocycles. The number of ether oxygens (including phenoxy) is 2. The number of halogens is 1. The number of nitrogens with zero attached hydrogens (tertiary/aromatic N) is 1. The predicted molar refractivity (Wildman–Crippen MR) is 94.3 cm³/mol. The number of methoxy groups -OCH3 is 1. The fourth-order valence-electron chi connectivity index (χ4n) is 2.82. The molecule has 0 spiro atoms. The molecule has 1 fully saturated rings. The first kappa shape index (κ1) is 17.7. The molecule has 0 aromatic heterocycles. The number of aliphatic hydroxyl groups is 1. The van der Waals surface area contributed by atoms with E-state index in [4.69, 9.17) is 9.47 Å². The Morgan fingerprint density at radius 3 is 2.44 bits per heavy atom. The number of hydrogen-bond donors (Lipinski definition) is 1. The predicted octanol–water partition coefficient (Wildman–Crippen LogP) is 3.24. The Labute approximate surface area is 147 Å². The molecule has 2 aromatic rings. The highest BCUT2D eigenvalue weighted by Crippen LogP contribution is 2.29. The summed E-state index contributed by atoms with van der Waals surface area (Å²) < 4.78 is 24.6. The summed E-state index contributed by atoms with van der Waals surface area (Å²) in [6, 6.07) is 14.5. The van der Waals surface area contributed by atoms with Crippen molar-refractivity contribution in [3.05, 3.63) is 59.9 Å². The molecule has 1 N–H and O–H groups in total. The first-order valence-corrected chi connectivity index (χ1v) is 8.58. The molecule has 0 radical (unpaired) electrons. The standard InChI is InChI=1S/C20H24FNO3/c1-24-18-8-10-19(11-9-18)25-14-17(23)13-22(16-6-7-16)12-15-4-2-3-5-20(15)21/h2-5,8-11,16-17,23H,6-7,12-14H2,1H3. The Balaban J connectivity index is 1.52. The maximum Gasteiger partial charge on any atom is 0.127 e. The molecule has 2 aromatic carbocycles.